The van der Waals surface area contributed by atoms with Gasteiger partial charge in [0.2, 0.25) is 0 Å². The molecule has 0 atom stereocenters. The first-order valence-corrected chi connectivity index (χ1v) is 7.06. The van der Waals surface area contributed by atoms with Gasteiger partial charge in [-0.15, -0.1) is 0 Å². The normalized spacial score (nSPS) is 10.7. The summed E-state index contributed by atoms with van der Waals surface area (Å²) in [7, 11) is 0. The van der Waals surface area contributed by atoms with Gasteiger partial charge in [-0.3, -0.25) is 4.79 Å². The first-order chi connectivity index (χ1) is 9.45. The molecular weight excluding hydrogens is 254 g/mol. The molecular formula is C16H25NO3. The molecule has 1 amide bonds. The third-order valence-electron chi connectivity index (χ3n) is 3.20. The summed E-state index contributed by atoms with van der Waals surface area (Å²) in [6.45, 7) is 8.58. The number of aliphatic hydroxyl groups excluding tert-OH is 1. The van der Waals surface area contributed by atoms with E-state index in [4.69, 9.17) is 9.84 Å². The average Bonchev–Trinajstić information content (AvgIpc) is 2.40. The van der Waals surface area contributed by atoms with Gasteiger partial charge in [-0.05, 0) is 51.3 Å². The van der Waals surface area contributed by atoms with Crippen molar-refractivity contribution >= 4 is 5.91 Å². The van der Waals surface area contributed by atoms with Crippen LogP contribution in [0.4, 0.5) is 0 Å². The number of carbonyl (C=O) groups excluding carboxylic acids is 1. The van der Waals surface area contributed by atoms with Crippen molar-refractivity contribution in [2.45, 2.75) is 40.2 Å². The van der Waals surface area contributed by atoms with Crippen molar-refractivity contribution < 1.29 is 14.6 Å². The summed E-state index contributed by atoms with van der Waals surface area (Å²) >= 11 is 0. The molecule has 4 heteroatoms. The van der Waals surface area contributed by atoms with Crippen molar-refractivity contribution in [3.63, 3.8) is 0 Å². The Morgan fingerprint density at radius 2 is 2.05 bits per heavy atom. The van der Waals surface area contributed by atoms with E-state index in [1.54, 1.807) is 4.90 Å². The first kappa shape index (κ1) is 16.5. The van der Waals surface area contributed by atoms with E-state index in [0.29, 0.717) is 13.0 Å². The fraction of sp³-hybridized carbons (Fsp3) is 0.562. The number of benzene rings is 1. The number of hydrogen-bond donors (Lipinski definition) is 1. The quantitative estimate of drug-likeness (QED) is 0.833. The molecule has 0 aliphatic carbocycles. The molecule has 1 aromatic rings. The van der Waals surface area contributed by atoms with E-state index in [-0.39, 0.29) is 25.2 Å². The lowest BCUT2D eigenvalue weighted by Crippen LogP contribution is -2.40. The Bertz CT molecular complexity index is 443. The molecule has 0 spiro atoms. The molecule has 0 fully saturated rings. The first-order valence-electron chi connectivity index (χ1n) is 7.06. The molecule has 0 aliphatic heterocycles. The fourth-order valence-corrected chi connectivity index (χ4v) is 2.00. The summed E-state index contributed by atoms with van der Waals surface area (Å²) in [6, 6.07) is 6.05. The highest BCUT2D eigenvalue weighted by Gasteiger charge is 2.17. The summed E-state index contributed by atoms with van der Waals surface area (Å²) in [5.74, 6) is 0.707. The van der Waals surface area contributed by atoms with Crippen LogP contribution in [0.25, 0.3) is 0 Å². The van der Waals surface area contributed by atoms with Crippen LogP contribution in [0.1, 0.15) is 31.4 Å². The highest BCUT2D eigenvalue weighted by atomic mass is 16.5. The van der Waals surface area contributed by atoms with Gasteiger partial charge in [0, 0.05) is 19.2 Å². The van der Waals surface area contributed by atoms with Gasteiger partial charge in [-0.2, -0.15) is 0 Å². The van der Waals surface area contributed by atoms with Crippen molar-refractivity contribution in [3.05, 3.63) is 29.3 Å². The average molecular weight is 279 g/mol. The number of aliphatic hydroxyl groups is 1. The zero-order valence-electron chi connectivity index (χ0n) is 12.8. The number of hydrogen-bond acceptors (Lipinski definition) is 3. The van der Waals surface area contributed by atoms with Crippen LogP contribution in [0.3, 0.4) is 0 Å². The molecule has 1 N–H and O–H groups in total. The fourth-order valence-electron chi connectivity index (χ4n) is 2.00. The van der Waals surface area contributed by atoms with E-state index in [0.717, 1.165) is 16.9 Å². The number of carbonyl (C=O) groups is 1. The Labute approximate surface area is 121 Å². The van der Waals surface area contributed by atoms with Gasteiger partial charge in [-0.25, -0.2) is 0 Å². The van der Waals surface area contributed by atoms with Gasteiger partial charge in [0.1, 0.15) is 5.75 Å². The molecule has 0 heterocycles. The minimum atomic E-state index is -0.0469. The molecule has 0 radical (unpaired) electrons. The van der Waals surface area contributed by atoms with Gasteiger partial charge < -0.3 is 14.7 Å². The van der Waals surface area contributed by atoms with E-state index in [9.17, 15) is 4.79 Å². The maximum atomic E-state index is 12.2. The topological polar surface area (TPSA) is 49.8 Å². The van der Waals surface area contributed by atoms with Crippen molar-refractivity contribution in [1.82, 2.24) is 4.90 Å². The zero-order valence-corrected chi connectivity index (χ0v) is 12.8. The number of rotatable bonds is 7. The molecule has 0 aromatic heterocycles. The number of aryl methyl sites for hydroxylation is 2. The monoisotopic (exact) mass is 279 g/mol. The van der Waals surface area contributed by atoms with Crippen molar-refractivity contribution in [1.29, 1.82) is 0 Å². The lowest BCUT2D eigenvalue weighted by atomic mass is 10.1. The molecule has 0 aliphatic rings. The Kier molecular flexibility index (Phi) is 6.52. The molecule has 0 unspecified atom stereocenters. The molecule has 1 aromatic carbocycles. The molecule has 20 heavy (non-hydrogen) atoms. The summed E-state index contributed by atoms with van der Waals surface area (Å²) in [6.07, 6.45) is 0.591. The van der Waals surface area contributed by atoms with Gasteiger partial charge in [0.25, 0.3) is 5.91 Å². The molecule has 112 valence electrons. The largest absolute Gasteiger partial charge is 0.483 e. The second-order valence-corrected chi connectivity index (χ2v) is 5.32. The van der Waals surface area contributed by atoms with E-state index < -0.39 is 0 Å². The molecule has 1 rings (SSSR count). The van der Waals surface area contributed by atoms with E-state index in [2.05, 4.69) is 0 Å². The Morgan fingerprint density at radius 1 is 1.35 bits per heavy atom. The SMILES string of the molecule is Cc1ccc(C)c(OCC(=O)N(CCCO)C(C)C)c1. The molecule has 0 saturated heterocycles. The maximum Gasteiger partial charge on any atom is 0.260 e. The number of amides is 1. The van der Waals surface area contributed by atoms with Crippen LogP contribution in [-0.4, -0.2) is 41.7 Å². The smallest absolute Gasteiger partial charge is 0.260 e. The van der Waals surface area contributed by atoms with Crippen LogP contribution in [0, 0.1) is 13.8 Å². The standard InChI is InChI=1S/C16H25NO3/c1-12(2)17(8-5-9-18)16(19)11-20-15-10-13(3)6-7-14(15)4/h6-7,10,12,18H,5,8-9,11H2,1-4H3. The van der Waals surface area contributed by atoms with Crippen LogP contribution in [0.5, 0.6) is 5.75 Å². The predicted octanol–water partition coefficient (Wildman–Crippen LogP) is 2.30. The molecule has 4 nitrogen and oxygen atoms in total. The summed E-state index contributed by atoms with van der Waals surface area (Å²) < 4.78 is 5.64. The summed E-state index contributed by atoms with van der Waals surface area (Å²) in [5, 5.41) is 8.88. The lowest BCUT2D eigenvalue weighted by Gasteiger charge is -2.26. The van der Waals surface area contributed by atoms with Crippen molar-refractivity contribution in [2.75, 3.05) is 19.8 Å². The van der Waals surface area contributed by atoms with Crippen LogP contribution in [0.2, 0.25) is 0 Å². The highest BCUT2D eigenvalue weighted by Crippen LogP contribution is 2.19. The van der Waals surface area contributed by atoms with Crippen LogP contribution >= 0.6 is 0 Å². The third kappa shape index (κ3) is 4.85. The van der Waals surface area contributed by atoms with Gasteiger partial charge in [0.15, 0.2) is 6.61 Å². The van der Waals surface area contributed by atoms with Gasteiger partial charge >= 0.3 is 0 Å². The van der Waals surface area contributed by atoms with Crippen molar-refractivity contribution in [3.8, 4) is 5.75 Å². The summed E-state index contributed by atoms with van der Waals surface area (Å²) in [5.41, 5.74) is 2.13. The van der Waals surface area contributed by atoms with Crippen LogP contribution in [0.15, 0.2) is 18.2 Å². The highest BCUT2D eigenvalue weighted by molar-refractivity contribution is 5.78. The summed E-state index contributed by atoms with van der Waals surface area (Å²) in [4.78, 5) is 13.9. The van der Waals surface area contributed by atoms with E-state index in [1.165, 1.54) is 0 Å². The molecule has 0 saturated carbocycles. The lowest BCUT2D eigenvalue weighted by molar-refractivity contribution is -0.135. The maximum absolute atomic E-state index is 12.2. The van der Waals surface area contributed by atoms with Gasteiger partial charge in [0.05, 0.1) is 0 Å². The number of nitrogens with zero attached hydrogens (tertiary/aromatic N) is 1. The second kappa shape index (κ2) is 7.90. The van der Waals surface area contributed by atoms with Crippen molar-refractivity contribution in [2.24, 2.45) is 0 Å². The second-order valence-electron chi connectivity index (χ2n) is 5.32. The Morgan fingerprint density at radius 3 is 2.65 bits per heavy atom. The molecule has 0 bridgehead atoms. The van der Waals surface area contributed by atoms with Crippen LogP contribution in [-0.2, 0) is 4.79 Å². The van der Waals surface area contributed by atoms with E-state index >= 15 is 0 Å². The Hall–Kier alpha value is -1.55. The minimum Gasteiger partial charge on any atom is -0.483 e. The van der Waals surface area contributed by atoms with Crippen LogP contribution < -0.4 is 4.74 Å². The number of ether oxygens (including phenoxy) is 1. The van der Waals surface area contributed by atoms with E-state index in [1.807, 2.05) is 45.9 Å². The Balaban J connectivity index is 2.62. The minimum absolute atomic E-state index is 0.0356. The third-order valence-corrected chi connectivity index (χ3v) is 3.20. The predicted molar refractivity (Wildman–Crippen MR) is 80.0 cm³/mol. The van der Waals surface area contributed by atoms with Gasteiger partial charge in [-0.1, -0.05) is 12.1 Å². The zero-order chi connectivity index (χ0) is 15.1.